The highest BCUT2D eigenvalue weighted by Crippen LogP contribution is 2.13. The topological polar surface area (TPSA) is 29.5 Å². The van der Waals surface area contributed by atoms with Crippen LogP contribution in [0.2, 0.25) is 0 Å². The fourth-order valence-corrected chi connectivity index (χ4v) is 1.92. The molecule has 1 amide bonds. The highest BCUT2D eigenvalue weighted by molar-refractivity contribution is 5.78. The van der Waals surface area contributed by atoms with E-state index in [4.69, 9.17) is 4.74 Å². The number of hydrogen-bond donors (Lipinski definition) is 0. The summed E-state index contributed by atoms with van der Waals surface area (Å²) in [5, 5.41) is 0. The molecule has 3 heteroatoms. The van der Waals surface area contributed by atoms with Gasteiger partial charge in [0.1, 0.15) is 12.4 Å². The van der Waals surface area contributed by atoms with Crippen molar-refractivity contribution in [2.45, 2.75) is 33.6 Å². The van der Waals surface area contributed by atoms with Gasteiger partial charge in [0.25, 0.3) is 0 Å². The van der Waals surface area contributed by atoms with Crippen LogP contribution in [-0.4, -0.2) is 30.5 Å². The van der Waals surface area contributed by atoms with Crippen molar-refractivity contribution in [3.63, 3.8) is 0 Å². The Morgan fingerprint density at radius 3 is 2.72 bits per heavy atom. The van der Waals surface area contributed by atoms with Gasteiger partial charge in [-0.15, -0.1) is 0 Å². The minimum absolute atomic E-state index is 0.257. The van der Waals surface area contributed by atoms with Gasteiger partial charge in [-0.25, -0.2) is 0 Å². The molecule has 0 atom stereocenters. The number of benzene rings is 1. The molecule has 0 spiro atoms. The molecule has 1 fully saturated rings. The number of rotatable bonds is 4. The molecule has 1 aliphatic heterocycles. The summed E-state index contributed by atoms with van der Waals surface area (Å²) in [6, 6.07) is 7.97. The lowest BCUT2D eigenvalue weighted by atomic mass is 10.2. The third kappa shape index (κ3) is 4.40. The zero-order valence-electron chi connectivity index (χ0n) is 11.6. The first-order valence-corrected chi connectivity index (χ1v) is 6.73. The summed E-state index contributed by atoms with van der Waals surface area (Å²) in [7, 11) is 0. The predicted molar refractivity (Wildman–Crippen MR) is 73.8 cm³/mol. The van der Waals surface area contributed by atoms with Crippen molar-refractivity contribution in [1.82, 2.24) is 4.90 Å². The maximum absolute atomic E-state index is 11.3. The number of hydrogen-bond acceptors (Lipinski definition) is 2. The van der Waals surface area contributed by atoms with Crippen LogP contribution in [0.5, 0.6) is 5.75 Å². The standard InChI is InChI=1S/C13H17NO2.C2H6/c1-11-4-2-5-12(10-11)16-9-8-14-7-3-6-13(14)15;1-2/h2,4-5,10H,3,6-9H2,1H3;1-2H3. The smallest absolute Gasteiger partial charge is 0.222 e. The molecule has 1 heterocycles. The molecule has 1 aromatic carbocycles. The third-order valence-corrected chi connectivity index (χ3v) is 2.79. The summed E-state index contributed by atoms with van der Waals surface area (Å²) in [4.78, 5) is 13.2. The monoisotopic (exact) mass is 249 g/mol. The Kier molecular flexibility index (Phi) is 6.26. The van der Waals surface area contributed by atoms with Crippen molar-refractivity contribution in [3.8, 4) is 5.75 Å². The fraction of sp³-hybridized carbons (Fsp3) is 0.533. The Balaban J connectivity index is 0.000000771. The van der Waals surface area contributed by atoms with Gasteiger partial charge in [-0.3, -0.25) is 4.79 Å². The molecule has 0 aliphatic carbocycles. The zero-order valence-corrected chi connectivity index (χ0v) is 11.6. The minimum atomic E-state index is 0.257. The fourth-order valence-electron chi connectivity index (χ4n) is 1.92. The van der Waals surface area contributed by atoms with Gasteiger partial charge in [-0.2, -0.15) is 0 Å². The second-order valence-corrected chi connectivity index (χ2v) is 4.15. The summed E-state index contributed by atoms with van der Waals surface area (Å²) in [5.41, 5.74) is 1.19. The largest absolute Gasteiger partial charge is 0.492 e. The first kappa shape index (κ1) is 14.6. The number of likely N-dealkylation sites (tertiary alicyclic amines) is 1. The average molecular weight is 249 g/mol. The van der Waals surface area contributed by atoms with Crippen LogP contribution in [0.1, 0.15) is 32.3 Å². The van der Waals surface area contributed by atoms with E-state index in [0.717, 1.165) is 18.7 Å². The van der Waals surface area contributed by atoms with E-state index >= 15 is 0 Å². The molecule has 18 heavy (non-hydrogen) atoms. The molecule has 0 radical (unpaired) electrons. The lowest BCUT2D eigenvalue weighted by Crippen LogP contribution is -2.29. The van der Waals surface area contributed by atoms with E-state index < -0.39 is 0 Å². The van der Waals surface area contributed by atoms with Gasteiger partial charge in [0, 0.05) is 13.0 Å². The van der Waals surface area contributed by atoms with E-state index in [-0.39, 0.29) is 5.91 Å². The molecule has 2 rings (SSSR count). The molecule has 1 aliphatic rings. The van der Waals surface area contributed by atoms with Crippen LogP contribution in [0.25, 0.3) is 0 Å². The Hall–Kier alpha value is -1.51. The van der Waals surface area contributed by atoms with Gasteiger partial charge in [-0.05, 0) is 31.0 Å². The quantitative estimate of drug-likeness (QED) is 0.821. The summed E-state index contributed by atoms with van der Waals surface area (Å²) in [5.74, 6) is 1.14. The Morgan fingerprint density at radius 2 is 2.11 bits per heavy atom. The molecule has 0 aromatic heterocycles. The van der Waals surface area contributed by atoms with Crippen molar-refractivity contribution < 1.29 is 9.53 Å². The zero-order chi connectivity index (χ0) is 13.4. The number of aryl methyl sites for hydroxylation is 1. The van der Waals surface area contributed by atoms with Crippen LogP contribution < -0.4 is 4.74 Å². The van der Waals surface area contributed by atoms with Crippen LogP contribution >= 0.6 is 0 Å². The first-order chi connectivity index (χ1) is 8.75. The van der Waals surface area contributed by atoms with E-state index in [1.54, 1.807) is 0 Å². The highest BCUT2D eigenvalue weighted by atomic mass is 16.5. The summed E-state index contributed by atoms with van der Waals surface area (Å²) < 4.78 is 5.60. The van der Waals surface area contributed by atoms with Gasteiger partial charge in [0.15, 0.2) is 0 Å². The first-order valence-electron chi connectivity index (χ1n) is 6.73. The van der Waals surface area contributed by atoms with E-state index in [2.05, 4.69) is 0 Å². The third-order valence-electron chi connectivity index (χ3n) is 2.79. The van der Waals surface area contributed by atoms with E-state index in [1.165, 1.54) is 5.56 Å². The number of nitrogens with zero attached hydrogens (tertiary/aromatic N) is 1. The van der Waals surface area contributed by atoms with E-state index in [0.29, 0.717) is 19.6 Å². The summed E-state index contributed by atoms with van der Waals surface area (Å²) in [6.07, 6.45) is 1.69. The molecule has 0 N–H and O–H groups in total. The number of ether oxygens (including phenoxy) is 1. The molecule has 100 valence electrons. The van der Waals surface area contributed by atoms with Crippen LogP contribution in [-0.2, 0) is 4.79 Å². The molecule has 3 nitrogen and oxygen atoms in total. The van der Waals surface area contributed by atoms with Gasteiger partial charge < -0.3 is 9.64 Å². The molecule has 0 bridgehead atoms. The molecular formula is C15H23NO2. The van der Waals surface area contributed by atoms with Crippen molar-refractivity contribution >= 4 is 5.91 Å². The van der Waals surface area contributed by atoms with Crippen LogP contribution in [0.4, 0.5) is 0 Å². The van der Waals surface area contributed by atoms with E-state index in [9.17, 15) is 4.79 Å². The lowest BCUT2D eigenvalue weighted by Gasteiger charge is -2.15. The van der Waals surface area contributed by atoms with Gasteiger partial charge >= 0.3 is 0 Å². The molecule has 1 aromatic rings. The second kappa shape index (κ2) is 7.75. The van der Waals surface area contributed by atoms with E-state index in [1.807, 2.05) is 49.9 Å². The second-order valence-electron chi connectivity index (χ2n) is 4.15. The van der Waals surface area contributed by atoms with Crippen LogP contribution in [0.15, 0.2) is 24.3 Å². The number of carbonyl (C=O) groups excluding carboxylic acids is 1. The van der Waals surface area contributed by atoms with Crippen molar-refractivity contribution in [1.29, 1.82) is 0 Å². The van der Waals surface area contributed by atoms with Crippen molar-refractivity contribution in [2.75, 3.05) is 19.7 Å². The van der Waals surface area contributed by atoms with Gasteiger partial charge in [0.05, 0.1) is 6.54 Å². The molecular weight excluding hydrogens is 226 g/mol. The highest BCUT2D eigenvalue weighted by Gasteiger charge is 2.19. The number of carbonyl (C=O) groups is 1. The summed E-state index contributed by atoms with van der Waals surface area (Å²) >= 11 is 0. The number of amides is 1. The molecule has 0 saturated carbocycles. The van der Waals surface area contributed by atoms with Gasteiger partial charge in [-0.1, -0.05) is 26.0 Å². The maximum Gasteiger partial charge on any atom is 0.222 e. The SMILES string of the molecule is CC.Cc1cccc(OCCN2CCCC2=O)c1. The molecule has 1 saturated heterocycles. The predicted octanol–water partition coefficient (Wildman–Crippen LogP) is 3.02. The van der Waals surface area contributed by atoms with Crippen LogP contribution in [0.3, 0.4) is 0 Å². The Bertz CT molecular complexity index is 377. The normalized spacial score (nSPS) is 14.2. The maximum atomic E-state index is 11.3. The minimum Gasteiger partial charge on any atom is -0.492 e. The van der Waals surface area contributed by atoms with Crippen molar-refractivity contribution in [2.24, 2.45) is 0 Å². The van der Waals surface area contributed by atoms with Gasteiger partial charge in [0.2, 0.25) is 5.91 Å². The molecule has 0 unspecified atom stereocenters. The lowest BCUT2D eigenvalue weighted by molar-refractivity contribution is -0.128. The Morgan fingerprint density at radius 1 is 1.33 bits per heavy atom. The average Bonchev–Trinajstić information content (AvgIpc) is 2.78. The summed E-state index contributed by atoms with van der Waals surface area (Å²) in [6.45, 7) is 8.20. The van der Waals surface area contributed by atoms with Crippen molar-refractivity contribution in [3.05, 3.63) is 29.8 Å². The van der Waals surface area contributed by atoms with Crippen LogP contribution in [0, 0.1) is 6.92 Å². The Labute approximate surface area is 110 Å².